The Morgan fingerprint density at radius 1 is 1.20 bits per heavy atom. The van der Waals surface area contributed by atoms with E-state index in [1.165, 1.54) is 19.3 Å². The van der Waals surface area contributed by atoms with Gasteiger partial charge < -0.3 is 14.8 Å². The zero-order chi connectivity index (χ0) is 10.7. The summed E-state index contributed by atoms with van der Waals surface area (Å²) < 4.78 is 5.58. The number of ether oxygens (including phenoxy) is 1. The summed E-state index contributed by atoms with van der Waals surface area (Å²) in [5.74, 6) is 1.51. The van der Waals surface area contributed by atoms with Gasteiger partial charge in [0.05, 0.1) is 6.61 Å². The fourth-order valence-corrected chi connectivity index (χ4v) is 1.61. The van der Waals surface area contributed by atoms with Crippen LogP contribution in [0.3, 0.4) is 0 Å². The summed E-state index contributed by atoms with van der Waals surface area (Å²) in [6.07, 6.45) is 3.87. The van der Waals surface area contributed by atoms with E-state index in [0.29, 0.717) is 11.4 Å². The molecule has 2 N–H and O–H groups in total. The molecule has 0 heterocycles. The molecule has 0 radical (unpaired) electrons. The van der Waals surface area contributed by atoms with Crippen molar-refractivity contribution >= 4 is 12.6 Å². The van der Waals surface area contributed by atoms with Crippen LogP contribution >= 0.6 is 0 Å². The molecule has 0 amide bonds. The Labute approximate surface area is 89.8 Å². The number of benzene rings is 1. The van der Waals surface area contributed by atoms with E-state index in [1.807, 2.05) is 0 Å². The molecular formula is C11H15BO3. The Morgan fingerprint density at radius 2 is 1.87 bits per heavy atom. The van der Waals surface area contributed by atoms with Crippen molar-refractivity contribution in [2.75, 3.05) is 6.61 Å². The van der Waals surface area contributed by atoms with E-state index in [4.69, 9.17) is 14.8 Å². The third kappa shape index (κ3) is 2.73. The number of rotatable bonds is 4. The molecule has 4 heteroatoms. The maximum absolute atomic E-state index is 8.89. The molecule has 2 rings (SSSR count). The van der Waals surface area contributed by atoms with Crippen molar-refractivity contribution < 1.29 is 14.8 Å². The Hall–Kier alpha value is -0.995. The Bertz CT molecular complexity index is 306. The summed E-state index contributed by atoms with van der Waals surface area (Å²) in [6.45, 7) is 0.779. The largest absolute Gasteiger partial charge is 0.493 e. The van der Waals surface area contributed by atoms with Crippen LogP contribution in [0.1, 0.15) is 19.3 Å². The van der Waals surface area contributed by atoms with Gasteiger partial charge in [-0.3, -0.25) is 0 Å². The van der Waals surface area contributed by atoms with Crippen LogP contribution in [0.15, 0.2) is 24.3 Å². The molecular weight excluding hydrogens is 191 g/mol. The van der Waals surface area contributed by atoms with E-state index in [0.717, 1.165) is 12.4 Å². The molecule has 0 spiro atoms. The number of hydrogen-bond donors (Lipinski definition) is 2. The molecule has 3 nitrogen and oxygen atoms in total. The van der Waals surface area contributed by atoms with Gasteiger partial charge in [-0.05, 0) is 36.4 Å². The molecule has 15 heavy (non-hydrogen) atoms. The maximum Gasteiger partial charge on any atom is 0.488 e. The predicted molar refractivity (Wildman–Crippen MR) is 59.1 cm³/mol. The smallest absolute Gasteiger partial charge is 0.488 e. The molecule has 1 aromatic carbocycles. The summed E-state index contributed by atoms with van der Waals surface area (Å²) in [5.41, 5.74) is 0.492. The molecule has 0 atom stereocenters. The van der Waals surface area contributed by atoms with E-state index >= 15 is 0 Å². The topological polar surface area (TPSA) is 49.7 Å². The number of hydrogen-bond acceptors (Lipinski definition) is 3. The van der Waals surface area contributed by atoms with Gasteiger partial charge in [-0.15, -0.1) is 0 Å². The summed E-state index contributed by atoms with van der Waals surface area (Å²) in [6, 6.07) is 6.88. The van der Waals surface area contributed by atoms with Crippen molar-refractivity contribution in [3.05, 3.63) is 24.3 Å². The minimum Gasteiger partial charge on any atom is -0.493 e. The molecule has 1 saturated carbocycles. The van der Waals surface area contributed by atoms with Crippen LogP contribution in [0.4, 0.5) is 0 Å². The van der Waals surface area contributed by atoms with Crippen LogP contribution in [0, 0.1) is 5.92 Å². The first-order valence-electron chi connectivity index (χ1n) is 5.34. The minimum atomic E-state index is -1.40. The van der Waals surface area contributed by atoms with Gasteiger partial charge >= 0.3 is 7.12 Å². The third-order valence-electron chi connectivity index (χ3n) is 2.89. The molecule has 0 bridgehead atoms. The highest BCUT2D eigenvalue weighted by Crippen LogP contribution is 2.26. The molecule has 1 aliphatic rings. The zero-order valence-electron chi connectivity index (χ0n) is 8.60. The first-order valence-corrected chi connectivity index (χ1v) is 5.34. The van der Waals surface area contributed by atoms with Gasteiger partial charge in [0.2, 0.25) is 0 Å². The van der Waals surface area contributed by atoms with Gasteiger partial charge in [-0.25, -0.2) is 0 Å². The van der Waals surface area contributed by atoms with Crippen molar-refractivity contribution in [1.29, 1.82) is 0 Å². The fraction of sp³-hybridized carbons (Fsp3) is 0.455. The van der Waals surface area contributed by atoms with Crippen molar-refractivity contribution in [2.45, 2.75) is 19.3 Å². The second-order valence-corrected chi connectivity index (χ2v) is 4.05. The van der Waals surface area contributed by atoms with Crippen LogP contribution in [-0.2, 0) is 0 Å². The van der Waals surface area contributed by atoms with Gasteiger partial charge in [0, 0.05) is 0 Å². The molecule has 0 aromatic heterocycles. The van der Waals surface area contributed by atoms with Gasteiger partial charge in [0.1, 0.15) is 5.75 Å². The molecule has 1 aliphatic carbocycles. The lowest BCUT2D eigenvalue weighted by Gasteiger charge is -2.25. The van der Waals surface area contributed by atoms with Crippen LogP contribution < -0.4 is 10.2 Å². The normalized spacial score (nSPS) is 15.9. The van der Waals surface area contributed by atoms with Crippen LogP contribution in [0.25, 0.3) is 0 Å². The van der Waals surface area contributed by atoms with E-state index in [1.54, 1.807) is 24.3 Å². The van der Waals surface area contributed by atoms with Crippen molar-refractivity contribution in [1.82, 2.24) is 0 Å². The first-order chi connectivity index (χ1) is 7.25. The predicted octanol–water partition coefficient (Wildman–Crippen LogP) is 0.545. The average Bonchev–Trinajstić information content (AvgIpc) is 2.16. The lowest BCUT2D eigenvalue weighted by Crippen LogP contribution is -2.29. The molecule has 0 saturated heterocycles. The Kier molecular flexibility index (Phi) is 3.28. The molecule has 1 aromatic rings. The summed E-state index contributed by atoms with van der Waals surface area (Å²) in [5, 5.41) is 17.8. The second-order valence-electron chi connectivity index (χ2n) is 4.05. The fourth-order valence-electron chi connectivity index (χ4n) is 1.61. The standard InChI is InChI=1S/C11H15BO3/c13-12(14)10-4-6-11(7-5-10)15-8-9-2-1-3-9/h4-7,9,13-14H,1-3,8H2. The van der Waals surface area contributed by atoms with E-state index < -0.39 is 7.12 Å². The van der Waals surface area contributed by atoms with Crippen LogP contribution in [0.2, 0.25) is 0 Å². The maximum atomic E-state index is 8.89. The lowest BCUT2D eigenvalue weighted by molar-refractivity contribution is 0.180. The van der Waals surface area contributed by atoms with Crippen LogP contribution in [-0.4, -0.2) is 23.8 Å². The van der Waals surface area contributed by atoms with E-state index in [-0.39, 0.29) is 0 Å². The molecule has 0 unspecified atom stereocenters. The zero-order valence-corrected chi connectivity index (χ0v) is 8.60. The highest BCUT2D eigenvalue weighted by molar-refractivity contribution is 6.58. The lowest BCUT2D eigenvalue weighted by atomic mass is 9.80. The monoisotopic (exact) mass is 206 g/mol. The molecule has 0 aliphatic heterocycles. The summed E-state index contributed by atoms with van der Waals surface area (Å²) >= 11 is 0. The minimum absolute atomic E-state index is 0.492. The highest BCUT2D eigenvalue weighted by atomic mass is 16.5. The van der Waals surface area contributed by atoms with Gasteiger partial charge in [0.25, 0.3) is 0 Å². The van der Waals surface area contributed by atoms with Crippen molar-refractivity contribution in [3.8, 4) is 5.75 Å². The average molecular weight is 206 g/mol. The highest BCUT2D eigenvalue weighted by Gasteiger charge is 2.18. The third-order valence-corrected chi connectivity index (χ3v) is 2.89. The van der Waals surface area contributed by atoms with Gasteiger partial charge in [-0.2, -0.15) is 0 Å². The Morgan fingerprint density at radius 3 is 2.33 bits per heavy atom. The second kappa shape index (κ2) is 4.68. The van der Waals surface area contributed by atoms with E-state index in [9.17, 15) is 0 Å². The van der Waals surface area contributed by atoms with E-state index in [2.05, 4.69) is 0 Å². The van der Waals surface area contributed by atoms with Crippen LogP contribution in [0.5, 0.6) is 5.75 Å². The first kappa shape index (κ1) is 10.5. The summed E-state index contributed by atoms with van der Waals surface area (Å²) in [7, 11) is -1.40. The van der Waals surface area contributed by atoms with Crippen molar-refractivity contribution in [2.24, 2.45) is 5.92 Å². The summed E-state index contributed by atoms with van der Waals surface area (Å²) in [4.78, 5) is 0. The quantitative estimate of drug-likeness (QED) is 0.707. The Balaban J connectivity index is 1.86. The van der Waals surface area contributed by atoms with Gasteiger partial charge in [0.15, 0.2) is 0 Å². The van der Waals surface area contributed by atoms with Crippen molar-refractivity contribution in [3.63, 3.8) is 0 Å². The SMILES string of the molecule is OB(O)c1ccc(OCC2CCC2)cc1. The van der Waals surface area contributed by atoms with Gasteiger partial charge in [-0.1, -0.05) is 18.6 Å². The molecule has 1 fully saturated rings. The molecule has 80 valence electrons.